The molecular formula is C27H34N2O5. The predicted octanol–water partition coefficient (Wildman–Crippen LogP) is 4.46. The Balaban J connectivity index is 1.77. The van der Waals surface area contributed by atoms with Gasteiger partial charge in [0.1, 0.15) is 5.75 Å². The molecule has 0 aliphatic carbocycles. The van der Waals surface area contributed by atoms with E-state index >= 15 is 0 Å². The molecule has 7 heteroatoms. The minimum atomic E-state index is -0.443. The largest absolute Gasteiger partial charge is 0.497 e. The van der Waals surface area contributed by atoms with E-state index in [1.807, 2.05) is 47.4 Å². The van der Waals surface area contributed by atoms with Crippen molar-refractivity contribution in [3.63, 3.8) is 0 Å². The van der Waals surface area contributed by atoms with E-state index in [2.05, 4.69) is 6.92 Å². The van der Waals surface area contributed by atoms with E-state index < -0.39 is 6.04 Å². The fraction of sp³-hybridized carbons (Fsp3) is 0.481. The summed E-state index contributed by atoms with van der Waals surface area (Å²) in [4.78, 5) is 30.9. The van der Waals surface area contributed by atoms with E-state index in [-0.39, 0.29) is 17.7 Å². The van der Waals surface area contributed by atoms with Crippen LogP contribution < -0.4 is 19.1 Å². The van der Waals surface area contributed by atoms with Crippen molar-refractivity contribution >= 4 is 17.5 Å². The molecule has 4 rings (SSSR count). The maximum absolute atomic E-state index is 13.8. The molecule has 2 aliphatic heterocycles. The van der Waals surface area contributed by atoms with Crippen molar-refractivity contribution in [2.24, 2.45) is 11.8 Å². The van der Waals surface area contributed by atoms with E-state index in [0.717, 1.165) is 37.2 Å². The average molecular weight is 467 g/mol. The topological polar surface area (TPSA) is 68.3 Å². The van der Waals surface area contributed by atoms with Crippen LogP contribution in [0.5, 0.6) is 17.2 Å². The minimum absolute atomic E-state index is 0.00117. The molecule has 2 aromatic rings. The van der Waals surface area contributed by atoms with Gasteiger partial charge in [-0.1, -0.05) is 13.0 Å². The van der Waals surface area contributed by atoms with E-state index in [0.29, 0.717) is 36.0 Å². The molecular weight excluding hydrogens is 432 g/mol. The van der Waals surface area contributed by atoms with Crippen molar-refractivity contribution in [1.29, 1.82) is 0 Å². The van der Waals surface area contributed by atoms with E-state index in [1.165, 1.54) is 0 Å². The number of nitrogens with zero attached hydrogens (tertiary/aromatic N) is 2. The average Bonchev–Trinajstić information content (AvgIpc) is 2.88. The van der Waals surface area contributed by atoms with Crippen molar-refractivity contribution in [3.05, 3.63) is 48.0 Å². The quantitative estimate of drug-likeness (QED) is 0.629. The van der Waals surface area contributed by atoms with Gasteiger partial charge >= 0.3 is 0 Å². The summed E-state index contributed by atoms with van der Waals surface area (Å²) < 4.78 is 16.3. The Hall–Kier alpha value is -3.22. The number of amides is 2. The summed E-state index contributed by atoms with van der Waals surface area (Å²) in [6, 6.07) is 12.6. The number of ether oxygens (including phenoxy) is 3. The van der Waals surface area contributed by atoms with Gasteiger partial charge in [0.25, 0.3) is 0 Å². The van der Waals surface area contributed by atoms with Crippen LogP contribution in [0.25, 0.3) is 0 Å². The Bertz CT molecular complexity index is 1010. The molecule has 2 fully saturated rings. The molecule has 182 valence electrons. The lowest BCUT2D eigenvalue weighted by Gasteiger charge is -2.43. The van der Waals surface area contributed by atoms with Crippen molar-refractivity contribution < 1.29 is 23.8 Å². The van der Waals surface area contributed by atoms with E-state index in [4.69, 9.17) is 14.2 Å². The number of benzene rings is 2. The molecule has 2 saturated heterocycles. The summed E-state index contributed by atoms with van der Waals surface area (Å²) in [5.74, 6) is 2.31. The van der Waals surface area contributed by atoms with Gasteiger partial charge in [-0.3, -0.25) is 9.59 Å². The van der Waals surface area contributed by atoms with Crippen LogP contribution in [0.15, 0.2) is 42.5 Å². The number of rotatable bonds is 6. The Morgan fingerprint density at radius 2 is 1.56 bits per heavy atom. The molecule has 0 aromatic heterocycles. The highest BCUT2D eigenvalue weighted by Gasteiger charge is 2.43. The van der Waals surface area contributed by atoms with Crippen molar-refractivity contribution in [2.45, 2.75) is 38.6 Å². The Morgan fingerprint density at radius 3 is 2.18 bits per heavy atom. The molecule has 34 heavy (non-hydrogen) atoms. The molecule has 0 radical (unpaired) electrons. The monoisotopic (exact) mass is 466 g/mol. The summed E-state index contributed by atoms with van der Waals surface area (Å²) in [7, 11) is 4.79. The standard InChI is InChI=1S/C27H34N2O5/c1-18-13-15-28(16-14-18)27(31)22-10-12-25(30)29(20-6-8-21(32-2)9-7-20)26(22)19-5-11-23(33-3)24(17-19)34-4/h5-9,11,17-18,22,26H,10,12-16H2,1-4H3. The van der Waals surface area contributed by atoms with Crippen LogP contribution in [0.2, 0.25) is 0 Å². The summed E-state index contributed by atoms with van der Waals surface area (Å²) >= 11 is 0. The number of likely N-dealkylation sites (tertiary alicyclic amines) is 1. The molecule has 0 bridgehead atoms. The number of methoxy groups -OCH3 is 3. The van der Waals surface area contributed by atoms with Crippen molar-refractivity contribution in [3.8, 4) is 17.2 Å². The first-order valence-corrected chi connectivity index (χ1v) is 11.9. The van der Waals surface area contributed by atoms with E-state index in [9.17, 15) is 9.59 Å². The molecule has 2 aliphatic rings. The highest BCUT2D eigenvalue weighted by molar-refractivity contribution is 5.97. The molecule has 0 N–H and O–H groups in total. The fourth-order valence-corrected chi connectivity index (χ4v) is 5.08. The lowest BCUT2D eigenvalue weighted by Crippen LogP contribution is -2.50. The van der Waals surface area contributed by atoms with Gasteiger partial charge in [-0.25, -0.2) is 0 Å². The van der Waals surface area contributed by atoms with Gasteiger partial charge < -0.3 is 24.0 Å². The van der Waals surface area contributed by atoms with Gasteiger partial charge in [0.2, 0.25) is 11.8 Å². The third kappa shape index (κ3) is 4.69. The molecule has 7 nitrogen and oxygen atoms in total. The summed E-state index contributed by atoms with van der Waals surface area (Å²) in [6.45, 7) is 3.77. The number of carbonyl (C=O) groups excluding carboxylic acids is 2. The van der Waals surface area contributed by atoms with Gasteiger partial charge in [0.15, 0.2) is 11.5 Å². The molecule has 2 atom stereocenters. The first kappa shape index (κ1) is 23.9. The maximum atomic E-state index is 13.8. The van der Waals surface area contributed by atoms with Crippen LogP contribution in [-0.4, -0.2) is 51.1 Å². The van der Waals surface area contributed by atoms with Crippen molar-refractivity contribution in [2.75, 3.05) is 39.3 Å². The second kappa shape index (κ2) is 10.4. The molecule has 2 aromatic carbocycles. The number of hydrogen-bond acceptors (Lipinski definition) is 5. The summed E-state index contributed by atoms with van der Waals surface area (Å²) in [5.41, 5.74) is 1.60. The maximum Gasteiger partial charge on any atom is 0.228 e. The van der Waals surface area contributed by atoms with Crippen molar-refractivity contribution in [1.82, 2.24) is 4.90 Å². The summed E-state index contributed by atoms with van der Waals surface area (Å²) in [6.07, 6.45) is 2.88. The molecule has 0 spiro atoms. The molecule has 0 saturated carbocycles. The summed E-state index contributed by atoms with van der Waals surface area (Å²) in [5, 5.41) is 0. The van der Waals surface area contributed by atoms with Gasteiger partial charge in [-0.15, -0.1) is 0 Å². The van der Waals surface area contributed by atoms with Crippen LogP contribution in [-0.2, 0) is 9.59 Å². The number of anilines is 1. The first-order valence-electron chi connectivity index (χ1n) is 11.9. The third-order valence-electron chi connectivity index (χ3n) is 7.11. The minimum Gasteiger partial charge on any atom is -0.497 e. The van der Waals surface area contributed by atoms with Crippen LogP contribution in [0.1, 0.15) is 44.2 Å². The Kier molecular flexibility index (Phi) is 7.29. The highest BCUT2D eigenvalue weighted by atomic mass is 16.5. The normalized spacial score (nSPS) is 21.4. The second-order valence-electron chi connectivity index (χ2n) is 9.17. The van der Waals surface area contributed by atoms with E-state index in [1.54, 1.807) is 26.2 Å². The molecule has 2 unspecified atom stereocenters. The second-order valence-corrected chi connectivity index (χ2v) is 9.17. The SMILES string of the molecule is COc1ccc(N2C(=O)CCC(C(=O)N3CCC(C)CC3)C2c2ccc(OC)c(OC)c2)cc1. The number of hydrogen-bond donors (Lipinski definition) is 0. The number of piperidine rings is 2. The van der Waals surface area contributed by atoms with Crippen LogP contribution in [0, 0.1) is 11.8 Å². The zero-order valence-electron chi connectivity index (χ0n) is 20.5. The van der Waals surface area contributed by atoms with Gasteiger partial charge in [0, 0.05) is 25.2 Å². The van der Waals surface area contributed by atoms with Gasteiger partial charge in [-0.2, -0.15) is 0 Å². The number of carbonyl (C=O) groups is 2. The zero-order chi connectivity index (χ0) is 24.2. The van der Waals surface area contributed by atoms with Crippen LogP contribution in [0.3, 0.4) is 0 Å². The lowest BCUT2D eigenvalue weighted by atomic mass is 9.82. The fourth-order valence-electron chi connectivity index (χ4n) is 5.08. The predicted molar refractivity (Wildman–Crippen MR) is 130 cm³/mol. The first-order chi connectivity index (χ1) is 16.5. The Labute approximate surface area is 201 Å². The van der Waals surface area contributed by atoms with Gasteiger partial charge in [0.05, 0.1) is 33.3 Å². The van der Waals surface area contributed by atoms with Gasteiger partial charge in [-0.05, 0) is 67.1 Å². The molecule has 2 heterocycles. The van der Waals surface area contributed by atoms with Crippen LogP contribution >= 0.6 is 0 Å². The highest BCUT2D eigenvalue weighted by Crippen LogP contribution is 2.43. The molecule has 2 amide bonds. The van der Waals surface area contributed by atoms with Crippen LogP contribution in [0.4, 0.5) is 5.69 Å². The zero-order valence-corrected chi connectivity index (χ0v) is 20.5. The lowest BCUT2D eigenvalue weighted by molar-refractivity contribution is -0.139. The smallest absolute Gasteiger partial charge is 0.228 e. The third-order valence-corrected chi connectivity index (χ3v) is 7.11. The Morgan fingerprint density at radius 1 is 0.882 bits per heavy atom.